The number of aromatic nitrogens is 2. The SMILES string of the molecule is CCCn1c(SCC(=O)NCCc2ccc3c(c2)OCCO3)nc2sc3c(c2c1=O)CCC3. The number of rotatable bonds is 8. The van der Waals surface area contributed by atoms with Crippen molar-refractivity contribution in [1.29, 1.82) is 0 Å². The van der Waals surface area contributed by atoms with Gasteiger partial charge >= 0.3 is 0 Å². The van der Waals surface area contributed by atoms with Crippen LogP contribution in [0.4, 0.5) is 0 Å². The molecule has 1 aliphatic heterocycles. The standard InChI is InChI=1S/C24H27N3O4S2/c1-2-10-27-23(29)21-16-4-3-5-19(16)33-22(21)26-24(27)32-14-20(28)25-9-8-15-6-7-17-18(13-15)31-12-11-30-17/h6-7,13H,2-5,8-12,14H2,1H3,(H,25,28). The van der Waals surface area contributed by atoms with Crippen molar-refractivity contribution < 1.29 is 14.3 Å². The van der Waals surface area contributed by atoms with Crippen LogP contribution in [0.2, 0.25) is 0 Å². The second kappa shape index (κ2) is 9.77. The summed E-state index contributed by atoms with van der Waals surface area (Å²) in [6.45, 7) is 4.32. The Balaban J connectivity index is 1.22. The van der Waals surface area contributed by atoms with Gasteiger partial charge in [-0.1, -0.05) is 24.8 Å². The van der Waals surface area contributed by atoms with Gasteiger partial charge in [0.25, 0.3) is 5.56 Å². The molecule has 2 aliphatic rings. The van der Waals surface area contributed by atoms with E-state index in [9.17, 15) is 9.59 Å². The normalized spacial score (nSPS) is 14.5. The second-order valence-corrected chi connectivity index (χ2v) is 10.3. The van der Waals surface area contributed by atoms with Gasteiger partial charge in [0.2, 0.25) is 5.91 Å². The molecule has 0 radical (unpaired) electrons. The number of carbonyl (C=O) groups is 1. The maximum absolute atomic E-state index is 13.2. The summed E-state index contributed by atoms with van der Waals surface area (Å²) in [5, 5.41) is 4.41. The number of nitrogens with zero attached hydrogens (tertiary/aromatic N) is 2. The van der Waals surface area contributed by atoms with E-state index in [1.807, 2.05) is 25.1 Å². The van der Waals surface area contributed by atoms with Crippen LogP contribution in [0.5, 0.6) is 11.5 Å². The van der Waals surface area contributed by atoms with Gasteiger partial charge in [-0.15, -0.1) is 11.3 Å². The molecule has 0 saturated carbocycles. The first-order valence-corrected chi connectivity index (χ1v) is 13.3. The van der Waals surface area contributed by atoms with Crippen molar-refractivity contribution in [3.05, 3.63) is 44.6 Å². The second-order valence-electron chi connectivity index (χ2n) is 8.26. The molecule has 0 saturated heterocycles. The minimum atomic E-state index is -0.0661. The maximum atomic E-state index is 13.2. The molecule has 0 spiro atoms. The lowest BCUT2D eigenvalue weighted by atomic mass is 10.1. The number of thiophene rings is 1. The maximum Gasteiger partial charge on any atom is 0.263 e. The molecule has 174 valence electrons. The Labute approximate surface area is 200 Å². The zero-order chi connectivity index (χ0) is 22.8. The average Bonchev–Trinajstić information content (AvgIpc) is 3.41. The Morgan fingerprint density at radius 1 is 1.24 bits per heavy atom. The number of nitrogens with one attached hydrogen (secondary N) is 1. The van der Waals surface area contributed by atoms with E-state index >= 15 is 0 Å². The number of hydrogen-bond acceptors (Lipinski definition) is 7. The largest absolute Gasteiger partial charge is 0.486 e. The number of fused-ring (bicyclic) bond motifs is 4. The Bertz CT molecular complexity index is 1250. The van der Waals surface area contributed by atoms with Crippen molar-refractivity contribution >= 4 is 39.2 Å². The fraction of sp³-hybridized carbons (Fsp3) is 0.458. The molecule has 0 bridgehead atoms. The summed E-state index contributed by atoms with van der Waals surface area (Å²) in [7, 11) is 0. The first-order valence-electron chi connectivity index (χ1n) is 11.5. The van der Waals surface area contributed by atoms with E-state index in [0.29, 0.717) is 37.9 Å². The van der Waals surface area contributed by atoms with Gasteiger partial charge in [0.15, 0.2) is 16.7 Å². The van der Waals surface area contributed by atoms with Gasteiger partial charge in [-0.3, -0.25) is 14.2 Å². The van der Waals surface area contributed by atoms with Crippen LogP contribution in [0, 0.1) is 0 Å². The molecular formula is C24H27N3O4S2. The highest BCUT2D eigenvalue weighted by Crippen LogP contribution is 2.35. The van der Waals surface area contributed by atoms with Crippen LogP contribution in [0.25, 0.3) is 10.2 Å². The van der Waals surface area contributed by atoms with Crippen molar-refractivity contribution in [2.75, 3.05) is 25.5 Å². The van der Waals surface area contributed by atoms with Crippen LogP contribution in [-0.2, 0) is 30.6 Å². The van der Waals surface area contributed by atoms with Crippen LogP contribution >= 0.6 is 23.1 Å². The molecule has 1 N–H and O–H groups in total. The predicted octanol–water partition coefficient (Wildman–Crippen LogP) is 3.58. The molecule has 0 atom stereocenters. The van der Waals surface area contributed by atoms with Gasteiger partial charge in [-0.25, -0.2) is 4.98 Å². The number of hydrogen-bond donors (Lipinski definition) is 1. The summed E-state index contributed by atoms with van der Waals surface area (Å²) >= 11 is 2.98. The minimum Gasteiger partial charge on any atom is -0.486 e. The molecule has 2 aromatic heterocycles. The molecule has 1 amide bonds. The van der Waals surface area contributed by atoms with Crippen LogP contribution in [-0.4, -0.2) is 41.0 Å². The number of benzene rings is 1. The Morgan fingerprint density at radius 2 is 2.09 bits per heavy atom. The lowest BCUT2D eigenvalue weighted by Crippen LogP contribution is -2.28. The van der Waals surface area contributed by atoms with E-state index in [2.05, 4.69) is 5.32 Å². The summed E-state index contributed by atoms with van der Waals surface area (Å²) in [6, 6.07) is 5.88. The van der Waals surface area contributed by atoms with Gasteiger partial charge in [-0.05, 0) is 55.4 Å². The monoisotopic (exact) mass is 485 g/mol. The zero-order valence-corrected chi connectivity index (χ0v) is 20.3. The molecule has 1 aliphatic carbocycles. The third kappa shape index (κ3) is 4.61. The molecule has 3 aromatic rings. The van der Waals surface area contributed by atoms with E-state index in [1.54, 1.807) is 15.9 Å². The quantitative estimate of drug-likeness (QED) is 0.388. The van der Waals surface area contributed by atoms with Gasteiger partial charge < -0.3 is 14.8 Å². The van der Waals surface area contributed by atoms with Crippen molar-refractivity contribution in [3.63, 3.8) is 0 Å². The number of aryl methyl sites for hydroxylation is 2. The average molecular weight is 486 g/mol. The number of thioether (sulfide) groups is 1. The Morgan fingerprint density at radius 3 is 2.94 bits per heavy atom. The van der Waals surface area contributed by atoms with Gasteiger partial charge in [0.1, 0.15) is 18.0 Å². The molecule has 0 fully saturated rings. The van der Waals surface area contributed by atoms with Crippen molar-refractivity contribution in [2.45, 2.75) is 50.7 Å². The van der Waals surface area contributed by atoms with E-state index in [1.165, 1.54) is 22.2 Å². The lowest BCUT2D eigenvalue weighted by Gasteiger charge is -2.18. The summed E-state index contributed by atoms with van der Waals surface area (Å²) in [5.74, 6) is 1.69. The predicted molar refractivity (Wildman–Crippen MR) is 131 cm³/mol. The summed E-state index contributed by atoms with van der Waals surface area (Å²) in [5.41, 5.74) is 2.33. The molecule has 1 aromatic carbocycles. The Hall–Kier alpha value is -2.52. The Kier molecular flexibility index (Phi) is 6.59. The van der Waals surface area contributed by atoms with Crippen molar-refractivity contribution in [1.82, 2.24) is 14.9 Å². The van der Waals surface area contributed by atoms with E-state index in [4.69, 9.17) is 14.5 Å². The number of ether oxygens (including phenoxy) is 2. The molecule has 0 unspecified atom stereocenters. The van der Waals surface area contributed by atoms with E-state index in [-0.39, 0.29) is 17.2 Å². The van der Waals surface area contributed by atoms with Crippen LogP contribution in [0.1, 0.15) is 35.8 Å². The zero-order valence-electron chi connectivity index (χ0n) is 18.6. The third-order valence-corrected chi connectivity index (χ3v) is 8.07. The fourth-order valence-corrected chi connectivity index (χ4v) is 6.52. The highest BCUT2D eigenvalue weighted by Gasteiger charge is 2.23. The number of amides is 1. The molecule has 33 heavy (non-hydrogen) atoms. The number of carbonyl (C=O) groups excluding carboxylic acids is 1. The topological polar surface area (TPSA) is 82.5 Å². The molecular weight excluding hydrogens is 458 g/mol. The molecule has 9 heteroatoms. The third-order valence-electron chi connectivity index (χ3n) is 5.91. The highest BCUT2D eigenvalue weighted by atomic mass is 32.2. The fourth-order valence-electron chi connectivity index (χ4n) is 4.36. The first kappa shape index (κ1) is 22.3. The summed E-state index contributed by atoms with van der Waals surface area (Å²) < 4.78 is 12.9. The minimum absolute atomic E-state index is 0.0442. The molecule has 5 rings (SSSR count). The summed E-state index contributed by atoms with van der Waals surface area (Å²) in [6.07, 6.45) is 4.68. The highest BCUT2D eigenvalue weighted by molar-refractivity contribution is 7.99. The van der Waals surface area contributed by atoms with Gasteiger partial charge in [0, 0.05) is 18.0 Å². The first-order chi connectivity index (χ1) is 16.1. The van der Waals surface area contributed by atoms with E-state index in [0.717, 1.165) is 53.0 Å². The van der Waals surface area contributed by atoms with Crippen molar-refractivity contribution in [3.8, 4) is 11.5 Å². The summed E-state index contributed by atoms with van der Waals surface area (Å²) in [4.78, 5) is 32.6. The smallest absolute Gasteiger partial charge is 0.263 e. The van der Waals surface area contributed by atoms with Crippen molar-refractivity contribution in [2.24, 2.45) is 0 Å². The molecule has 3 heterocycles. The van der Waals surface area contributed by atoms with Crippen LogP contribution < -0.4 is 20.3 Å². The van der Waals surface area contributed by atoms with Gasteiger partial charge in [-0.2, -0.15) is 0 Å². The lowest BCUT2D eigenvalue weighted by molar-refractivity contribution is -0.118. The van der Waals surface area contributed by atoms with Crippen LogP contribution in [0.15, 0.2) is 28.2 Å². The molecule has 7 nitrogen and oxygen atoms in total. The van der Waals surface area contributed by atoms with Crippen LogP contribution in [0.3, 0.4) is 0 Å². The van der Waals surface area contributed by atoms with Gasteiger partial charge in [0.05, 0.1) is 11.1 Å². The van der Waals surface area contributed by atoms with E-state index < -0.39 is 0 Å².